The molecule has 2 aliphatic rings. The first-order valence-corrected chi connectivity index (χ1v) is 8.13. The lowest BCUT2D eigenvalue weighted by atomic mass is 9.57. The largest absolute Gasteiger partial charge is 0.512 e. The standard InChI is InChI=1S/C19H26O3/c1-11-13-6-5-12-14(19(13,4)10-9-16(11)20)7-8-15(17(12)21)18(2,3)22/h7-8,13,20-22H,5-6,9-10H2,1-4H3. The van der Waals surface area contributed by atoms with Crippen LogP contribution in [0.25, 0.3) is 0 Å². The summed E-state index contributed by atoms with van der Waals surface area (Å²) in [5.41, 5.74) is 2.77. The van der Waals surface area contributed by atoms with Crippen molar-refractivity contribution in [2.75, 3.05) is 0 Å². The van der Waals surface area contributed by atoms with Crippen LogP contribution in [0.4, 0.5) is 0 Å². The molecule has 0 fully saturated rings. The smallest absolute Gasteiger partial charge is 0.125 e. The summed E-state index contributed by atoms with van der Waals surface area (Å²) in [4.78, 5) is 0. The Morgan fingerprint density at radius 3 is 2.50 bits per heavy atom. The number of hydrogen-bond donors (Lipinski definition) is 3. The predicted molar refractivity (Wildman–Crippen MR) is 87.1 cm³/mol. The fourth-order valence-corrected chi connectivity index (χ4v) is 4.49. The zero-order valence-corrected chi connectivity index (χ0v) is 13.9. The summed E-state index contributed by atoms with van der Waals surface area (Å²) in [5.74, 6) is 1.13. The van der Waals surface area contributed by atoms with Gasteiger partial charge >= 0.3 is 0 Å². The lowest BCUT2D eigenvalue weighted by Gasteiger charge is -2.47. The van der Waals surface area contributed by atoms with Crippen LogP contribution in [0.3, 0.4) is 0 Å². The third-order valence-electron chi connectivity index (χ3n) is 5.87. The van der Waals surface area contributed by atoms with Crippen LogP contribution in [0.1, 0.15) is 63.6 Å². The second kappa shape index (κ2) is 4.76. The third kappa shape index (κ3) is 2.06. The van der Waals surface area contributed by atoms with Gasteiger partial charge in [0.05, 0.1) is 11.4 Å². The van der Waals surface area contributed by atoms with Crippen molar-refractivity contribution in [3.05, 3.63) is 40.2 Å². The van der Waals surface area contributed by atoms with E-state index >= 15 is 0 Å². The van der Waals surface area contributed by atoms with Gasteiger partial charge in [-0.1, -0.05) is 19.1 Å². The molecule has 0 spiro atoms. The van der Waals surface area contributed by atoms with E-state index < -0.39 is 5.60 Å². The van der Waals surface area contributed by atoms with Gasteiger partial charge in [0.15, 0.2) is 0 Å². The Morgan fingerprint density at radius 1 is 1.18 bits per heavy atom. The molecule has 3 nitrogen and oxygen atoms in total. The molecule has 2 unspecified atom stereocenters. The van der Waals surface area contributed by atoms with E-state index in [1.54, 1.807) is 13.8 Å². The van der Waals surface area contributed by atoms with Gasteiger partial charge in [0.2, 0.25) is 0 Å². The van der Waals surface area contributed by atoms with Crippen molar-refractivity contribution < 1.29 is 15.3 Å². The quantitative estimate of drug-likeness (QED) is 0.733. The van der Waals surface area contributed by atoms with Crippen molar-refractivity contribution in [1.29, 1.82) is 0 Å². The van der Waals surface area contributed by atoms with Crippen molar-refractivity contribution in [3.63, 3.8) is 0 Å². The molecule has 3 heteroatoms. The fourth-order valence-electron chi connectivity index (χ4n) is 4.49. The number of aliphatic hydroxyl groups is 2. The Morgan fingerprint density at radius 2 is 1.86 bits per heavy atom. The van der Waals surface area contributed by atoms with Gasteiger partial charge in [0.25, 0.3) is 0 Å². The Kier molecular flexibility index (Phi) is 3.33. The molecule has 2 aliphatic carbocycles. The fraction of sp³-hybridized carbons (Fsp3) is 0.579. The number of aromatic hydroxyl groups is 1. The van der Waals surface area contributed by atoms with E-state index in [2.05, 4.69) is 13.0 Å². The van der Waals surface area contributed by atoms with Gasteiger partial charge in [-0.15, -0.1) is 0 Å². The van der Waals surface area contributed by atoms with E-state index in [0.717, 1.165) is 30.4 Å². The summed E-state index contributed by atoms with van der Waals surface area (Å²) >= 11 is 0. The number of allylic oxidation sites excluding steroid dienone is 2. The van der Waals surface area contributed by atoms with Gasteiger partial charge < -0.3 is 15.3 Å². The van der Waals surface area contributed by atoms with E-state index in [0.29, 0.717) is 23.7 Å². The molecule has 1 aromatic rings. The Labute approximate surface area is 132 Å². The van der Waals surface area contributed by atoms with Crippen molar-refractivity contribution in [2.45, 2.75) is 64.4 Å². The van der Waals surface area contributed by atoms with Crippen molar-refractivity contribution in [1.82, 2.24) is 0 Å². The highest BCUT2D eigenvalue weighted by Crippen LogP contribution is 2.53. The van der Waals surface area contributed by atoms with Crippen LogP contribution in [-0.4, -0.2) is 15.3 Å². The van der Waals surface area contributed by atoms with Crippen LogP contribution in [0.2, 0.25) is 0 Å². The summed E-state index contributed by atoms with van der Waals surface area (Å²) < 4.78 is 0. The first kappa shape index (κ1) is 15.4. The van der Waals surface area contributed by atoms with Crippen LogP contribution in [0.5, 0.6) is 5.75 Å². The minimum atomic E-state index is -1.04. The number of phenolic OH excluding ortho intramolecular Hbond substituents is 1. The molecule has 0 aliphatic heterocycles. The number of aliphatic hydroxyl groups excluding tert-OH is 1. The molecule has 2 atom stereocenters. The zero-order valence-electron chi connectivity index (χ0n) is 13.9. The Bertz CT molecular complexity index is 651. The second-order valence-corrected chi connectivity index (χ2v) is 7.69. The summed E-state index contributed by atoms with van der Waals surface area (Å²) in [6.07, 6.45) is 3.32. The van der Waals surface area contributed by atoms with E-state index in [-0.39, 0.29) is 11.2 Å². The zero-order chi connectivity index (χ0) is 16.3. The number of phenols is 1. The van der Waals surface area contributed by atoms with Crippen molar-refractivity contribution in [3.8, 4) is 5.75 Å². The van der Waals surface area contributed by atoms with Gasteiger partial charge in [-0.25, -0.2) is 0 Å². The van der Waals surface area contributed by atoms with Crippen molar-refractivity contribution >= 4 is 0 Å². The molecule has 0 aromatic heterocycles. The number of rotatable bonds is 1. The second-order valence-electron chi connectivity index (χ2n) is 7.69. The van der Waals surface area contributed by atoms with Gasteiger partial charge in [-0.3, -0.25) is 0 Å². The molecule has 3 rings (SSSR count). The highest BCUT2D eigenvalue weighted by atomic mass is 16.3. The number of hydrogen-bond acceptors (Lipinski definition) is 3. The monoisotopic (exact) mass is 302 g/mol. The Balaban J connectivity index is 2.16. The molecule has 0 saturated carbocycles. The maximum Gasteiger partial charge on any atom is 0.125 e. The minimum absolute atomic E-state index is 0.0422. The van der Waals surface area contributed by atoms with E-state index in [9.17, 15) is 15.3 Å². The molecule has 0 radical (unpaired) electrons. The third-order valence-corrected chi connectivity index (χ3v) is 5.87. The summed E-state index contributed by atoms with van der Waals surface area (Å²) in [6, 6.07) is 3.93. The number of benzene rings is 1. The lowest BCUT2D eigenvalue weighted by Crippen LogP contribution is -2.40. The number of fused-ring (bicyclic) bond motifs is 3. The SMILES string of the molecule is CC1=C(O)CCC2(C)c3ccc(C(C)(C)O)c(O)c3CCC12. The van der Waals surface area contributed by atoms with Gasteiger partial charge in [0, 0.05) is 12.0 Å². The molecule has 0 saturated heterocycles. The lowest BCUT2D eigenvalue weighted by molar-refractivity contribution is 0.0754. The Hall–Kier alpha value is -1.48. The van der Waals surface area contributed by atoms with E-state index in [1.807, 2.05) is 13.0 Å². The highest BCUT2D eigenvalue weighted by molar-refractivity contribution is 5.53. The maximum absolute atomic E-state index is 10.7. The average Bonchev–Trinajstić information content (AvgIpc) is 2.43. The van der Waals surface area contributed by atoms with Crippen LogP contribution < -0.4 is 0 Å². The molecule has 22 heavy (non-hydrogen) atoms. The van der Waals surface area contributed by atoms with Crippen LogP contribution in [0.15, 0.2) is 23.5 Å². The van der Waals surface area contributed by atoms with Gasteiger partial charge in [0.1, 0.15) is 5.75 Å². The first-order valence-electron chi connectivity index (χ1n) is 8.13. The van der Waals surface area contributed by atoms with Gasteiger partial charge in [-0.2, -0.15) is 0 Å². The molecular weight excluding hydrogens is 276 g/mol. The first-order chi connectivity index (χ1) is 10.2. The molecule has 3 N–H and O–H groups in total. The van der Waals surface area contributed by atoms with Crippen molar-refractivity contribution in [2.24, 2.45) is 5.92 Å². The van der Waals surface area contributed by atoms with Crippen LogP contribution in [-0.2, 0) is 17.4 Å². The molecule has 1 aromatic carbocycles. The highest BCUT2D eigenvalue weighted by Gasteiger charge is 2.45. The molecule has 120 valence electrons. The molecule has 0 heterocycles. The molecule has 0 amide bonds. The van der Waals surface area contributed by atoms with Gasteiger partial charge in [-0.05, 0) is 68.1 Å². The van der Waals surface area contributed by atoms with Crippen LogP contribution >= 0.6 is 0 Å². The van der Waals surface area contributed by atoms with Crippen LogP contribution in [0, 0.1) is 5.92 Å². The topological polar surface area (TPSA) is 60.7 Å². The van der Waals surface area contributed by atoms with E-state index in [4.69, 9.17) is 0 Å². The molecular formula is C19H26O3. The summed E-state index contributed by atoms with van der Waals surface area (Å²) in [5, 5.41) is 31.0. The molecule has 0 bridgehead atoms. The van der Waals surface area contributed by atoms with E-state index in [1.165, 1.54) is 5.56 Å². The predicted octanol–water partition coefficient (Wildman–Crippen LogP) is 4.07. The normalized spacial score (nSPS) is 28.3. The average molecular weight is 302 g/mol. The minimum Gasteiger partial charge on any atom is -0.512 e. The summed E-state index contributed by atoms with van der Waals surface area (Å²) in [6.45, 7) is 7.68. The summed E-state index contributed by atoms with van der Waals surface area (Å²) in [7, 11) is 0. The maximum atomic E-state index is 10.7.